The lowest BCUT2D eigenvalue weighted by Crippen LogP contribution is -2.15. The van der Waals surface area contributed by atoms with E-state index in [0.29, 0.717) is 0 Å². The van der Waals surface area contributed by atoms with Gasteiger partial charge < -0.3 is 5.32 Å². The van der Waals surface area contributed by atoms with Gasteiger partial charge in [-0.25, -0.2) is 4.39 Å². The Labute approximate surface area is 112 Å². The quantitative estimate of drug-likeness (QED) is 0.913. The van der Waals surface area contributed by atoms with Crippen molar-refractivity contribution in [3.63, 3.8) is 0 Å². The highest BCUT2D eigenvalue weighted by Crippen LogP contribution is 2.16. The number of hydrogen-bond acceptors (Lipinski definition) is 4. The molecule has 2 aromatic rings. The third kappa shape index (κ3) is 3.03. The highest BCUT2D eigenvalue weighted by Gasteiger charge is 2.11. The summed E-state index contributed by atoms with van der Waals surface area (Å²) in [5.74, 6) is -1.32. The zero-order valence-electron chi connectivity index (χ0n) is 9.39. The van der Waals surface area contributed by atoms with Crippen LogP contribution in [0.3, 0.4) is 0 Å². The molecule has 1 aromatic carbocycles. The topological polar surface area (TPSA) is 78.7 Å². The van der Waals surface area contributed by atoms with Crippen LogP contribution < -0.4 is 5.32 Å². The minimum atomic E-state index is -0.700. The van der Waals surface area contributed by atoms with Gasteiger partial charge in [0.25, 0.3) is 5.91 Å². The number of nitrogens with one attached hydrogen (secondary N) is 1. The van der Waals surface area contributed by atoms with Crippen LogP contribution in [0.25, 0.3) is 0 Å². The van der Waals surface area contributed by atoms with Crippen LogP contribution in [-0.4, -0.2) is 16.1 Å². The fourth-order valence-electron chi connectivity index (χ4n) is 1.31. The number of carbonyl (C=O) groups is 1. The van der Waals surface area contributed by atoms with E-state index in [9.17, 15) is 9.18 Å². The molecular formula is C12H6ClFN4O. The first-order chi connectivity index (χ1) is 9.10. The molecule has 0 radical (unpaired) electrons. The van der Waals surface area contributed by atoms with Gasteiger partial charge >= 0.3 is 0 Å². The molecule has 0 aliphatic rings. The zero-order valence-corrected chi connectivity index (χ0v) is 10.1. The van der Waals surface area contributed by atoms with Gasteiger partial charge in [-0.1, -0.05) is 11.6 Å². The third-order valence-corrected chi connectivity index (χ3v) is 2.41. The van der Waals surface area contributed by atoms with Crippen molar-refractivity contribution >= 4 is 23.2 Å². The number of nitrogens with zero attached hydrogens (tertiary/aromatic N) is 3. The van der Waals surface area contributed by atoms with Gasteiger partial charge in [0.15, 0.2) is 10.8 Å². The number of aromatic nitrogens is 2. The predicted octanol–water partition coefficient (Wildman–Crippen LogP) is 2.39. The van der Waals surface area contributed by atoms with E-state index in [-0.39, 0.29) is 22.1 Å². The monoisotopic (exact) mass is 276 g/mol. The molecule has 7 heteroatoms. The van der Waals surface area contributed by atoms with Gasteiger partial charge in [-0.3, -0.25) is 4.79 Å². The van der Waals surface area contributed by atoms with Gasteiger partial charge in [0.05, 0.1) is 17.3 Å². The van der Waals surface area contributed by atoms with Crippen LogP contribution in [-0.2, 0) is 0 Å². The number of nitriles is 1. The van der Waals surface area contributed by atoms with Crippen molar-refractivity contribution in [2.45, 2.75) is 0 Å². The molecule has 0 atom stereocenters. The molecule has 0 unspecified atom stereocenters. The first-order valence-corrected chi connectivity index (χ1v) is 5.48. The van der Waals surface area contributed by atoms with E-state index < -0.39 is 11.7 Å². The van der Waals surface area contributed by atoms with Crippen LogP contribution in [0, 0.1) is 17.1 Å². The summed E-state index contributed by atoms with van der Waals surface area (Å²) in [6.07, 6.45) is 0. The van der Waals surface area contributed by atoms with Gasteiger partial charge in [-0.15, -0.1) is 10.2 Å². The van der Waals surface area contributed by atoms with Crippen molar-refractivity contribution < 1.29 is 9.18 Å². The molecule has 0 spiro atoms. The normalized spacial score (nSPS) is 9.74. The standard InChI is InChI=1S/C12H6ClFN4O/c13-11-4-3-10(17-18-11)12(19)16-9-2-1-7(6-15)5-8(9)14/h1-5H,(H,16,19). The van der Waals surface area contributed by atoms with Crippen LogP contribution in [0.15, 0.2) is 30.3 Å². The minimum Gasteiger partial charge on any atom is -0.318 e. The lowest BCUT2D eigenvalue weighted by molar-refractivity contribution is 0.102. The van der Waals surface area contributed by atoms with E-state index >= 15 is 0 Å². The van der Waals surface area contributed by atoms with E-state index in [1.807, 2.05) is 0 Å². The summed E-state index contributed by atoms with van der Waals surface area (Å²) in [5.41, 5.74) is 0.135. The van der Waals surface area contributed by atoms with Crippen LogP contribution in [0.1, 0.15) is 16.1 Å². The smallest absolute Gasteiger partial charge is 0.276 e. The number of benzene rings is 1. The average Bonchev–Trinajstić information content (AvgIpc) is 2.41. The van der Waals surface area contributed by atoms with Gasteiger partial charge in [-0.2, -0.15) is 5.26 Å². The minimum absolute atomic E-state index is 0.00756. The number of amides is 1. The molecule has 1 aromatic heterocycles. The maximum Gasteiger partial charge on any atom is 0.276 e. The predicted molar refractivity (Wildman–Crippen MR) is 66.1 cm³/mol. The Kier molecular flexibility index (Phi) is 3.68. The van der Waals surface area contributed by atoms with E-state index in [1.54, 1.807) is 6.07 Å². The summed E-state index contributed by atoms with van der Waals surface area (Å²) < 4.78 is 13.6. The van der Waals surface area contributed by atoms with Crippen molar-refractivity contribution in [2.24, 2.45) is 0 Å². The lowest BCUT2D eigenvalue weighted by atomic mass is 10.2. The molecule has 0 aliphatic heterocycles. The lowest BCUT2D eigenvalue weighted by Gasteiger charge is -2.05. The molecule has 94 valence electrons. The van der Waals surface area contributed by atoms with E-state index in [4.69, 9.17) is 16.9 Å². The molecule has 1 N–H and O–H groups in total. The zero-order chi connectivity index (χ0) is 13.8. The molecule has 0 bridgehead atoms. The first-order valence-electron chi connectivity index (χ1n) is 5.10. The van der Waals surface area contributed by atoms with Crippen LogP contribution in [0.4, 0.5) is 10.1 Å². The van der Waals surface area contributed by atoms with Crippen LogP contribution >= 0.6 is 11.6 Å². The maximum atomic E-state index is 13.6. The number of halogens is 2. The molecule has 0 fully saturated rings. The molecule has 2 rings (SSSR count). The highest BCUT2D eigenvalue weighted by atomic mass is 35.5. The molecular weight excluding hydrogens is 271 g/mol. The number of carbonyl (C=O) groups excluding carboxylic acids is 1. The summed E-state index contributed by atoms with van der Waals surface area (Å²) in [7, 11) is 0. The number of anilines is 1. The molecule has 0 saturated heterocycles. The molecule has 0 saturated carbocycles. The van der Waals surface area contributed by atoms with E-state index in [0.717, 1.165) is 6.07 Å². The van der Waals surface area contributed by atoms with Crippen LogP contribution in [0.2, 0.25) is 5.15 Å². The molecule has 0 aliphatic carbocycles. The Bertz CT molecular complexity index is 666. The van der Waals surface area contributed by atoms with Gasteiger partial charge in [-0.05, 0) is 30.3 Å². The Balaban J connectivity index is 2.20. The Morgan fingerprint density at radius 3 is 2.68 bits per heavy atom. The molecule has 19 heavy (non-hydrogen) atoms. The summed E-state index contributed by atoms with van der Waals surface area (Å²) in [5, 5.41) is 18.2. The van der Waals surface area contributed by atoms with Crippen molar-refractivity contribution in [1.29, 1.82) is 5.26 Å². The van der Waals surface area contributed by atoms with Gasteiger partial charge in [0.2, 0.25) is 0 Å². The van der Waals surface area contributed by atoms with E-state index in [1.165, 1.54) is 24.3 Å². The molecule has 5 nitrogen and oxygen atoms in total. The SMILES string of the molecule is N#Cc1ccc(NC(=O)c2ccc(Cl)nn2)c(F)c1. The van der Waals surface area contributed by atoms with Crippen molar-refractivity contribution in [3.05, 3.63) is 52.6 Å². The Hall–Kier alpha value is -2.52. The maximum absolute atomic E-state index is 13.6. The fourth-order valence-corrected chi connectivity index (χ4v) is 1.41. The number of rotatable bonds is 2. The third-order valence-electron chi connectivity index (χ3n) is 2.21. The summed E-state index contributed by atoms with van der Waals surface area (Å²) in [6, 6.07) is 8.29. The van der Waals surface area contributed by atoms with Crippen LogP contribution in [0.5, 0.6) is 0 Å². The summed E-state index contributed by atoms with van der Waals surface area (Å²) in [4.78, 5) is 11.7. The highest BCUT2D eigenvalue weighted by molar-refractivity contribution is 6.29. The molecule has 1 heterocycles. The largest absolute Gasteiger partial charge is 0.318 e. The van der Waals surface area contributed by atoms with Gasteiger partial charge in [0, 0.05) is 0 Å². The van der Waals surface area contributed by atoms with Crippen molar-refractivity contribution in [2.75, 3.05) is 5.32 Å². The van der Waals surface area contributed by atoms with E-state index in [2.05, 4.69) is 15.5 Å². The summed E-state index contributed by atoms with van der Waals surface area (Å²) in [6.45, 7) is 0. The van der Waals surface area contributed by atoms with Crippen molar-refractivity contribution in [3.8, 4) is 6.07 Å². The fraction of sp³-hybridized carbons (Fsp3) is 0. The second-order valence-corrected chi connectivity index (χ2v) is 3.89. The first kappa shape index (κ1) is 12.9. The van der Waals surface area contributed by atoms with Gasteiger partial charge in [0.1, 0.15) is 5.82 Å². The second kappa shape index (κ2) is 5.42. The average molecular weight is 277 g/mol. The summed E-state index contributed by atoms with van der Waals surface area (Å²) >= 11 is 5.54. The Morgan fingerprint density at radius 2 is 2.11 bits per heavy atom. The second-order valence-electron chi connectivity index (χ2n) is 3.50. The molecule has 1 amide bonds. The Morgan fingerprint density at radius 1 is 1.32 bits per heavy atom. The van der Waals surface area contributed by atoms with Crippen molar-refractivity contribution in [1.82, 2.24) is 10.2 Å². The number of hydrogen-bond donors (Lipinski definition) is 1.